The van der Waals surface area contributed by atoms with Gasteiger partial charge in [-0.2, -0.15) is 0 Å². The summed E-state index contributed by atoms with van der Waals surface area (Å²) in [7, 11) is 0. The molecule has 0 atom stereocenters. The maximum Gasteiger partial charge on any atom is 0.164 e. The second-order valence-corrected chi connectivity index (χ2v) is 8.91. The summed E-state index contributed by atoms with van der Waals surface area (Å²) in [6.07, 6.45) is 0.648. The van der Waals surface area contributed by atoms with Gasteiger partial charge >= 0.3 is 0 Å². The molecule has 2 heteroatoms. The molecule has 31 heavy (non-hydrogen) atoms. The molecule has 0 spiro atoms. The Balaban J connectivity index is 1.94. The Morgan fingerprint density at radius 3 is 1.32 bits per heavy atom. The third-order valence-electron chi connectivity index (χ3n) is 6.05. The first-order valence-corrected chi connectivity index (χ1v) is 10.9. The third-order valence-corrected chi connectivity index (χ3v) is 6.05. The number of hydrogen-bond donors (Lipinski definition) is 0. The highest BCUT2D eigenvalue weighted by Crippen LogP contribution is 2.30. The van der Waals surface area contributed by atoms with Crippen LogP contribution in [0.5, 0.6) is 0 Å². The molecule has 0 N–H and O–H groups in total. The normalized spacial score (nSPS) is 11.1. The van der Waals surface area contributed by atoms with Crippen LogP contribution in [0.2, 0.25) is 0 Å². The second-order valence-electron chi connectivity index (χ2n) is 8.91. The van der Waals surface area contributed by atoms with Crippen molar-refractivity contribution in [2.75, 3.05) is 0 Å². The molecule has 0 aliphatic rings. The fourth-order valence-corrected chi connectivity index (χ4v) is 4.92. The standard InChI is InChI=1S/C29H32O2/c1-18-12-20(3)28(21(4)13-18)26(30)16-25(24-10-8-7-9-11-24)17-27(31)29-22(5)14-19(2)15-23(29)6/h7-15,25H,16-17H2,1-6H3. The van der Waals surface area contributed by atoms with E-state index in [9.17, 15) is 9.59 Å². The number of carbonyl (C=O) groups excluding carboxylic acids is 2. The van der Waals surface area contributed by atoms with Crippen molar-refractivity contribution in [1.82, 2.24) is 0 Å². The summed E-state index contributed by atoms with van der Waals surface area (Å²) in [6.45, 7) is 12.1. The van der Waals surface area contributed by atoms with Gasteiger partial charge in [-0.05, 0) is 75.3 Å². The Kier molecular flexibility index (Phi) is 6.90. The Morgan fingerprint density at radius 1 is 0.613 bits per heavy atom. The van der Waals surface area contributed by atoms with Crippen molar-refractivity contribution in [3.8, 4) is 0 Å². The summed E-state index contributed by atoms with van der Waals surface area (Å²) >= 11 is 0. The highest BCUT2D eigenvalue weighted by atomic mass is 16.1. The highest BCUT2D eigenvalue weighted by molar-refractivity contribution is 6.02. The zero-order valence-corrected chi connectivity index (χ0v) is 19.5. The molecule has 0 aromatic heterocycles. The number of hydrogen-bond acceptors (Lipinski definition) is 2. The molecule has 0 fully saturated rings. The molecule has 2 nitrogen and oxygen atoms in total. The number of ketones is 2. The summed E-state index contributed by atoms with van der Waals surface area (Å²) in [5, 5.41) is 0. The van der Waals surface area contributed by atoms with Gasteiger partial charge in [0.05, 0.1) is 0 Å². The van der Waals surface area contributed by atoms with Crippen molar-refractivity contribution in [2.24, 2.45) is 0 Å². The molecule has 0 saturated heterocycles. The van der Waals surface area contributed by atoms with Crippen molar-refractivity contribution in [3.63, 3.8) is 0 Å². The van der Waals surface area contributed by atoms with Gasteiger partial charge in [-0.1, -0.05) is 65.7 Å². The van der Waals surface area contributed by atoms with Gasteiger partial charge in [-0.15, -0.1) is 0 Å². The Morgan fingerprint density at radius 2 is 0.968 bits per heavy atom. The summed E-state index contributed by atoms with van der Waals surface area (Å²) in [5.74, 6) is 0.0596. The van der Waals surface area contributed by atoms with Gasteiger partial charge in [0.2, 0.25) is 0 Å². The molecule has 0 amide bonds. The van der Waals surface area contributed by atoms with E-state index in [1.54, 1.807) is 0 Å². The first kappa shape index (κ1) is 22.7. The van der Waals surface area contributed by atoms with Crippen molar-refractivity contribution in [2.45, 2.75) is 60.3 Å². The van der Waals surface area contributed by atoms with Crippen LogP contribution in [-0.4, -0.2) is 11.6 Å². The molecule has 0 unspecified atom stereocenters. The van der Waals surface area contributed by atoms with E-state index in [1.165, 1.54) is 0 Å². The van der Waals surface area contributed by atoms with E-state index in [0.29, 0.717) is 12.8 Å². The van der Waals surface area contributed by atoms with E-state index in [2.05, 4.69) is 24.3 Å². The van der Waals surface area contributed by atoms with Crippen molar-refractivity contribution >= 4 is 11.6 Å². The van der Waals surface area contributed by atoms with Crippen LogP contribution in [0.1, 0.15) is 78.4 Å². The lowest BCUT2D eigenvalue weighted by Gasteiger charge is -2.19. The molecule has 0 saturated carbocycles. The molecule has 0 heterocycles. The number of rotatable bonds is 7. The maximum absolute atomic E-state index is 13.4. The van der Waals surface area contributed by atoms with Gasteiger partial charge in [-0.25, -0.2) is 0 Å². The minimum Gasteiger partial charge on any atom is -0.294 e. The van der Waals surface area contributed by atoms with Gasteiger partial charge in [-0.3, -0.25) is 9.59 Å². The Labute approximate surface area is 186 Å². The molecule has 0 aliphatic heterocycles. The zero-order chi connectivity index (χ0) is 22.7. The summed E-state index contributed by atoms with van der Waals surface area (Å²) in [6, 6.07) is 18.2. The van der Waals surface area contributed by atoms with Crippen LogP contribution < -0.4 is 0 Å². The van der Waals surface area contributed by atoms with Crippen LogP contribution in [0.25, 0.3) is 0 Å². The van der Waals surface area contributed by atoms with E-state index in [0.717, 1.165) is 50.1 Å². The first-order valence-electron chi connectivity index (χ1n) is 10.9. The molecular formula is C29H32O2. The van der Waals surface area contributed by atoms with Crippen LogP contribution >= 0.6 is 0 Å². The van der Waals surface area contributed by atoms with Gasteiger partial charge < -0.3 is 0 Å². The molecule has 3 rings (SSSR count). The van der Waals surface area contributed by atoms with E-state index >= 15 is 0 Å². The smallest absolute Gasteiger partial charge is 0.164 e. The summed E-state index contributed by atoms with van der Waals surface area (Å²) < 4.78 is 0. The maximum atomic E-state index is 13.4. The zero-order valence-electron chi connectivity index (χ0n) is 19.5. The van der Waals surface area contributed by atoms with E-state index in [1.807, 2.05) is 71.9 Å². The summed E-state index contributed by atoms with van der Waals surface area (Å²) in [5.41, 5.74) is 8.96. The molecule has 0 bridgehead atoms. The minimum atomic E-state index is -0.151. The van der Waals surface area contributed by atoms with Crippen LogP contribution in [0.4, 0.5) is 0 Å². The van der Waals surface area contributed by atoms with Crippen molar-refractivity contribution in [3.05, 3.63) is 105 Å². The van der Waals surface area contributed by atoms with Crippen LogP contribution in [0.15, 0.2) is 54.6 Å². The van der Waals surface area contributed by atoms with Crippen LogP contribution in [0.3, 0.4) is 0 Å². The Hall–Kier alpha value is -3.00. The minimum absolute atomic E-state index is 0.106. The molecule has 0 aliphatic carbocycles. The van der Waals surface area contributed by atoms with E-state index in [4.69, 9.17) is 0 Å². The van der Waals surface area contributed by atoms with Crippen LogP contribution in [-0.2, 0) is 0 Å². The molecule has 0 radical (unpaired) electrons. The number of benzene rings is 3. The quantitative estimate of drug-likeness (QED) is 0.386. The molecule has 3 aromatic carbocycles. The average Bonchev–Trinajstić information content (AvgIpc) is 2.66. The van der Waals surface area contributed by atoms with Gasteiger partial charge in [0.25, 0.3) is 0 Å². The second kappa shape index (κ2) is 9.43. The average molecular weight is 413 g/mol. The SMILES string of the molecule is Cc1cc(C)c(C(=O)CC(CC(=O)c2c(C)cc(C)cc2C)c2ccccc2)c(C)c1. The fourth-order valence-electron chi connectivity index (χ4n) is 4.92. The van der Waals surface area contributed by atoms with Crippen LogP contribution in [0, 0.1) is 41.5 Å². The summed E-state index contributed by atoms with van der Waals surface area (Å²) in [4.78, 5) is 26.7. The topological polar surface area (TPSA) is 34.1 Å². The van der Waals surface area contributed by atoms with Crippen molar-refractivity contribution in [1.29, 1.82) is 0 Å². The monoisotopic (exact) mass is 412 g/mol. The van der Waals surface area contributed by atoms with Gasteiger partial charge in [0.1, 0.15) is 0 Å². The lowest BCUT2D eigenvalue weighted by Crippen LogP contribution is -2.15. The number of Topliss-reactive ketones (excluding diaryl/α,β-unsaturated/α-hetero) is 2. The van der Waals surface area contributed by atoms with Gasteiger partial charge in [0.15, 0.2) is 11.6 Å². The van der Waals surface area contributed by atoms with Crippen molar-refractivity contribution < 1.29 is 9.59 Å². The predicted molar refractivity (Wildman–Crippen MR) is 128 cm³/mol. The molecule has 160 valence electrons. The predicted octanol–water partition coefficient (Wildman–Crippen LogP) is 7.17. The lowest BCUT2D eigenvalue weighted by molar-refractivity contribution is 0.0943. The van der Waals surface area contributed by atoms with Gasteiger partial charge in [0, 0.05) is 24.0 Å². The first-order chi connectivity index (χ1) is 14.7. The number of aryl methyl sites for hydroxylation is 6. The van der Waals surface area contributed by atoms with E-state index < -0.39 is 0 Å². The largest absolute Gasteiger partial charge is 0.294 e. The highest BCUT2D eigenvalue weighted by Gasteiger charge is 2.24. The fraction of sp³-hybridized carbons (Fsp3) is 0.310. The molecule has 3 aromatic rings. The third kappa shape index (κ3) is 5.19. The number of carbonyl (C=O) groups is 2. The Bertz CT molecular complexity index is 1010. The molecular weight excluding hydrogens is 380 g/mol. The lowest BCUT2D eigenvalue weighted by atomic mass is 9.83. The van der Waals surface area contributed by atoms with E-state index in [-0.39, 0.29) is 17.5 Å².